The number of carbonyl (C=O) groups is 1. The van der Waals surface area contributed by atoms with Gasteiger partial charge >= 0.3 is 5.97 Å². The van der Waals surface area contributed by atoms with Crippen molar-refractivity contribution in [3.05, 3.63) is 12.2 Å². The van der Waals surface area contributed by atoms with E-state index < -0.39 is 0 Å². The highest BCUT2D eigenvalue weighted by molar-refractivity contribution is 5.69. The van der Waals surface area contributed by atoms with Crippen molar-refractivity contribution in [3.8, 4) is 0 Å². The Hall–Kier alpha value is -0.990. The van der Waals surface area contributed by atoms with Crippen molar-refractivity contribution in [3.63, 3.8) is 0 Å². The topological polar surface area (TPSA) is 93.5 Å². The van der Waals surface area contributed by atoms with E-state index in [4.69, 9.17) is 14.9 Å². The molecule has 35 heavy (non-hydrogen) atoms. The fourth-order valence-corrected chi connectivity index (χ4v) is 4.08. The van der Waals surface area contributed by atoms with E-state index in [1.807, 2.05) is 9.80 Å². The number of hydrogen-bond donors (Lipinski definition) is 3. The number of carbonyl (C=O) groups excluding carboxylic acids is 1. The van der Waals surface area contributed by atoms with Gasteiger partial charge in [-0.25, -0.2) is 0 Å². The molecule has 0 aromatic rings. The lowest BCUT2D eigenvalue weighted by Gasteiger charge is -2.26. The maximum absolute atomic E-state index is 12.0. The number of rotatable bonds is 27. The highest BCUT2D eigenvalue weighted by atomic mass is 16.5. The van der Waals surface area contributed by atoms with Crippen molar-refractivity contribution in [2.45, 2.75) is 96.8 Å². The van der Waals surface area contributed by atoms with Crippen LogP contribution in [-0.4, -0.2) is 96.8 Å². The summed E-state index contributed by atoms with van der Waals surface area (Å²) in [6, 6.07) is 0. The second kappa shape index (κ2) is 27.6. The third kappa shape index (κ3) is 24.5. The van der Waals surface area contributed by atoms with Crippen LogP contribution in [0.1, 0.15) is 96.8 Å². The van der Waals surface area contributed by atoms with Crippen molar-refractivity contribution in [1.82, 2.24) is 9.80 Å². The quantitative estimate of drug-likeness (QED) is 0.0886. The molecule has 0 bridgehead atoms. The summed E-state index contributed by atoms with van der Waals surface area (Å²) in [7, 11) is 0. The van der Waals surface area contributed by atoms with Gasteiger partial charge in [0.2, 0.25) is 0 Å². The third-order valence-corrected chi connectivity index (χ3v) is 6.29. The first-order valence-corrected chi connectivity index (χ1v) is 14.3. The number of allylic oxidation sites excluding steroid dienone is 2. The van der Waals surface area contributed by atoms with Crippen molar-refractivity contribution >= 4 is 5.97 Å². The Labute approximate surface area is 215 Å². The lowest BCUT2D eigenvalue weighted by Crippen LogP contribution is -2.40. The zero-order valence-electron chi connectivity index (χ0n) is 22.7. The molecule has 0 fully saturated rings. The van der Waals surface area contributed by atoms with Crippen LogP contribution in [0, 0.1) is 0 Å². The predicted octanol–water partition coefficient (Wildman–Crippen LogP) is 4.15. The summed E-state index contributed by atoms with van der Waals surface area (Å²) in [5.41, 5.74) is 0. The van der Waals surface area contributed by atoms with Gasteiger partial charge in [0.15, 0.2) is 0 Å². The fourth-order valence-electron chi connectivity index (χ4n) is 4.08. The molecular formula is C28H56N2O5. The summed E-state index contributed by atoms with van der Waals surface area (Å²) in [5, 5.41) is 27.5. The molecule has 0 atom stereocenters. The van der Waals surface area contributed by atoms with E-state index in [1.165, 1.54) is 70.6 Å². The van der Waals surface area contributed by atoms with E-state index in [0.29, 0.717) is 52.3 Å². The van der Waals surface area contributed by atoms with Gasteiger partial charge in [0, 0.05) is 45.7 Å². The molecule has 0 radical (unpaired) electrons. The number of nitrogens with zero attached hydrogens (tertiary/aromatic N) is 2. The minimum atomic E-state index is -0.145. The van der Waals surface area contributed by atoms with Crippen molar-refractivity contribution in [1.29, 1.82) is 0 Å². The normalized spacial score (nSPS) is 11.8. The first-order valence-electron chi connectivity index (χ1n) is 14.3. The van der Waals surface area contributed by atoms with Crippen LogP contribution in [0.2, 0.25) is 0 Å². The van der Waals surface area contributed by atoms with Crippen molar-refractivity contribution < 1.29 is 24.9 Å². The van der Waals surface area contributed by atoms with Crippen LogP contribution in [0.25, 0.3) is 0 Å². The predicted molar refractivity (Wildman–Crippen MR) is 145 cm³/mol. The number of unbranched alkanes of at least 4 members (excludes halogenated alkanes) is 11. The lowest BCUT2D eigenvalue weighted by atomic mass is 10.1. The van der Waals surface area contributed by atoms with E-state index in [0.717, 1.165) is 12.8 Å². The van der Waals surface area contributed by atoms with E-state index in [9.17, 15) is 9.90 Å². The summed E-state index contributed by atoms with van der Waals surface area (Å²) in [5.74, 6) is -0.145. The number of ether oxygens (including phenoxy) is 1. The van der Waals surface area contributed by atoms with Crippen molar-refractivity contribution in [2.24, 2.45) is 0 Å². The highest BCUT2D eigenvalue weighted by Gasteiger charge is 2.10. The van der Waals surface area contributed by atoms with Gasteiger partial charge in [0.25, 0.3) is 0 Å². The summed E-state index contributed by atoms with van der Waals surface area (Å²) >= 11 is 0. The number of esters is 1. The first kappa shape index (κ1) is 34.0. The summed E-state index contributed by atoms with van der Waals surface area (Å²) in [4.78, 5) is 16.0. The van der Waals surface area contributed by atoms with Crippen LogP contribution in [0.15, 0.2) is 12.2 Å². The van der Waals surface area contributed by atoms with Gasteiger partial charge in [0.05, 0.1) is 19.8 Å². The first-order chi connectivity index (χ1) is 17.2. The Balaban J connectivity index is 3.66. The SMILES string of the molecule is CCCCCCCC/C=C\CCCCCCCC(=O)OCCN(CCO)CCN(CCO)CCO. The Kier molecular flexibility index (Phi) is 26.8. The molecule has 0 heterocycles. The second-order valence-corrected chi connectivity index (χ2v) is 9.41. The minimum absolute atomic E-state index is 0.0445. The zero-order chi connectivity index (χ0) is 25.8. The fraction of sp³-hybridized carbons (Fsp3) is 0.893. The molecule has 0 rings (SSSR count). The highest BCUT2D eigenvalue weighted by Crippen LogP contribution is 2.10. The van der Waals surface area contributed by atoms with Gasteiger partial charge in [-0.3, -0.25) is 14.6 Å². The van der Waals surface area contributed by atoms with Gasteiger partial charge in [-0.05, 0) is 32.1 Å². The average Bonchev–Trinajstić information content (AvgIpc) is 2.85. The molecule has 0 unspecified atom stereocenters. The molecule has 0 aliphatic heterocycles. The Morgan fingerprint density at radius 3 is 1.60 bits per heavy atom. The van der Waals surface area contributed by atoms with Crippen LogP contribution in [0.3, 0.4) is 0 Å². The number of aliphatic hydroxyl groups excluding tert-OH is 3. The molecule has 0 amide bonds. The van der Waals surface area contributed by atoms with E-state index in [1.54, 1.807) is 0 Å². The van der Waals surface area contributed by atoms with Crippen LogP contribution < -0.4 is 0 Å². The van der Waals surface area contributed by atoms with Gasteiger partial charge < -0.3 is 20.1 Å². The molecule has 3 N–H and O–H groups in total. The standard InChI is InChI=1S/C28H56N2O5/c1-2-3-4-5-6-7-8-9-10-11-12-13-14-15-16-17-28(34)35-27-23-30(22-26-33)19-18-29(20-24-31)21-25-32/h9-10,31-33H,2-8,11-27H2,1H3/b10-9-. The molecule has 0 aromatic heterocycles. The molecule has 0 spiro atoms. The van der Waals surface area contributed by atoms with Crippen molar-refractivity contribution in [2.75, 3.05) is 65.7 Å². The third-order valence-electron chi connectivity index (χ3n) is 6.29. The largest absolute Gasteiger partial charge is 0.464 e. The zero-order valence-corrected chi connectivity index (χ0v) is 22.7. The Morgan fingerprint density at radius 2 is 1.09 bits per heavy atom. The summed E-state index contributed by atoms with van der Waals surface area (Å²) in [6.45, 7) is 6.21. The molecule has 0 saturated heterocycles. The van der Waals surface area contributed by atoms with Crippen LogP contribution in [-0.2, 0) is 9.53 Å². The molecule has 0 aromatic carbocycles. The minimum Gasteiger partial charge on any atom is -0.464 e. The van der Waals surface area contributed by atoms with Gasteiger partial charge in [-0.2, -0.15) is 0 Å². The smallest absolute Gasteiger partial charge is 0.305 e. The number of aliphatic hydroxyl groups is 3. The average molecular weight is 501 g/mol. The van der Waals surface area contributed by atoms with Crippen LogP contribution >= 0.6 is 0 Å². The van der Waals surface area contributed by atoms with E-state index >= 15 is 0 Å². The monoisotopic (exact) mass is 500 g/mol. The Morgan fingerprint density at radius 1 is 0.629 bits per heavy atom. The molecule has 0 aliphatic rings. The molecule has 0 saturated carbocycles. The van der Waals surface area contributed by atoms with Gasteiger partial charge in [-0.15, -0.1) is 0 Å². The summed E-state index contributed by atoms with van der Waals surface area (Å²) < 4.78 is 5.37. The van der Waals surface area contributed by atoms with E-state index in [-0.39, 0.29) is 25.8 Å². The van der Waals surface area contributed by atoms with Crippen LogP contribution in [0.5, 0.6) is 0 Å². The summed E-state index contributed by atoms with van der Waals surface area (Å²) in [6.07, 6.45) is 21.2. The van der Waals surface area contributed by atoms with Gasteiger partial charge in [-0.1, -0.05) is 70.4 Å². The molecule has 7 heteroatoms. The Bertz CT molecular complexity index is 470. The molecular weight excluding hydrogens is 444 g/mol. The van der Waals surface area contributed by atoms with Crippen LogP contribution in [0.4, 0.5) is 0 Å². The van der Waals surface area contributed by atoms with Gasteiger partial charge in [0.1, 0.15) is 6.61 Å². The lowest BCUT2D eigenvalue weighted by molar-refractivity contribution is -0.144. The maximum Gasteiger partial charge on any atom is 0.305 e. The molecule has 7 nitrogen and oxygen atoms in total. The second-order valence-electron chi connectivity index (χ2n) is 9.41. The van der Waals surface area contributed by atoms with E-state index in [2.05, 4.69) is 19.1 Å². The molecule has 208 valence electrons. The maximum atomic E-state index is 12.0. The molecule has 0 aliphatic carbocycles. The number of hydrogen-bond acceptors (Lipinski definition) is 7.